The van der Waals surface area contributed by atoms with Crippen molar-refractivity contribution in [1.82, 2.24) is 10.6 Å². The van der Waals surface area contributed by atoms with E-state index in [2.05, 4.69) is 10.6 Å². The second-order valence-electron chi connectivity index (χ2n) is 4.82. The van der Waals surface area contributed by atoms with Crippen molar-refractivity contribution in [2.24, 2.45) is 0 Å². The normalized spacial score (nSPS) is 15.4. The van der Waals surface area contributed by atoms with E-state index in [1.165, 1.54) is 17.0 Å². The van der Waals surface area contributed by atoms with E-state index >= 15 is 0 Å². The first-order valence-corrected chi connectivity index (χ1v) is 7.20. The molecule has 0 spiro atoms. The summed E-state index contributed by atoms with van der Waals surface area (Å²) in [6.07, 6.45) is 0.257. The first-order valence-electron chi connectivity index (χ1n) is 6.82. The van der Waals surface area contributed by atoms with Crippen LogP contribution in [0, 0.1) is 0 Å². The summed E-state index contributed by atoms with van der Waals surface area (Å²) in [7, 11) is 0. The Morgan fingerprint density at radius 3 is 2.77 bits per heavy atom. The third kappa shape index (κ3) is 3.30. The minimum Gasteiger partial charge on any atom is -0.480 e. The molecule has 1 saturated heterocycles. The first-order chi connectivity index (χ1) is 10.4. The second-order valence-corrected chi connectivity index (χ2v) is 5.23. The van der Waals surface area contributed by atoms with Crippen LogP contribution >= 0.6 is 11.6 Å². The Morgan fingerprint density at radius 1 is 1.50 bits per heavy atom. The van der Waals surface area contributed by atoms with E-state index in [4.69, 9.17) is 16.7 Å². The molecule has 0 bridgehead atoms. The number of halogens is 1. The van der Waals surface area contributed by atoms with Gasteiger partial charge in [0.05, 0.1) is 10.6 Å². The van der Waals surface area contributed by atoms with Gasteiger partial charge in [0.1, 0.15) is 6.04 Å². The number of hydrogen-bond donors (Lipinski definition) is 3. The highest BCUT2D eigenvalue weighted by Gasteiger charge is 2.24. The number of carboxylic acid groups (broad SMARTS) is 1. The van der Waals surface area contributed by atoms with Gasteiger partial charge < -0.3 is 15.7 Å². The van der Waals surface area contributed by atoms with Gasteiger partial charge in [0.25, 0.3) is 5.91 Å². The van der Waals surface area contributed by atoms with Crippen LogP contribution in [0.2, 0.25) is 5.02 Å². The van der Waals surface area contributed by atoms with Crippen molar-refractivity contribution in [1.29, 1.82) is 0 Å². The fourth-order valence-corrected chi connectivity index (χ4v) is 2.35. The Hall–Kier alpha value is -2.28. The highest BCUT2D eigenvalue weighted by atomic mass is 35.5. The van der Waals surface area contributed by atoms with Gasteiger partial charge in [-0.25, -0.2) is 9.59 Å². The molecule has 22 heavy (non-hydrogen) atoms. The standard InChI is InChI=1S/C14H16ClN3O4/c1-2-11(13(20)21)17-12(19)9-7-8(3-4-10(9)15)18-6-5-16-14(18)22/h3-4,7,11H,2,5-6H2,1H3,(H,16,22)(H,17,19)(H,20,21). The molecule has 1 aromatic rings. The van der Waals surface area contributed by atoms with Gasteiger partial charge in [-0.1, -0.05) is 18.5 Å². The molecule has 1 fully saturated rings. The molecule has 7 nitrogen and oxygen atoms in total. The molecule has 0 aliphatic carbocycles. The molecule has 1 aliphatic rings. The van der Waals surface area contributed by atoms with Gasteiger partial charge in [-0.05, 0) is 24.6 Å². The molecule has 3 N–H and O–H groups in total. The number of benzene rings is 1. The Bertz CT molecular complexity index is 620. The zero-order chi connectivity index (χ0) is 16.3. The van der Waals surface area contributed by atoms with Gasteiger partial charge in [0.15, 0.2) is 0 Å². The maximum absolute atomic E-state index is 12.2. The van der Waals surface area contributed by atoms with Crippen LogP contribution in [0.25, 0.3) is 0 Å². The average molecular weight is 326 g/mol. The van der Waals surface area contributed by atoms with Gasteiger partial charge >= 0.3 is 12.0 Å². The third-order valence-electron chi connectivity index (χ3n) is 3.37. The quantitative estimate of drug-likeness (QED) is 0.763. The molecule has 1 aliphatic heterocycles. The van der Waals surface area contributed by atoms with Crippen molar-refractivity contribution in [3.05, 3.63) is 28.8 Å². The van der Waals surface area contributed by atoms with E-state index in [0.717, 1.165) is 0 Å². The summed E-state index contributed by atoms with van der Waals surface area (Å²) in [5.41, 5.74) is 0.673. The Balaban J connectivity index is 2.24. The summed E-state index contributed by atoms with van der Waals surface area (Å²) in [4.78, 5) is 36.3. The van der Waals surface area contributed by atoms with Crippen LogP contribution in [-0.4, -0.2) is 42.1 Å². The summed E-state index contributed by atoms with van der Waals surface area (Å²) in [6.45, 7) is 2.68. The zero-order valence-corrected chi connectivity index (χ0v) is 12.7. The van der Waals surface area contributed by atoms with Crippen molar-refractivity contribution in [3.63, 3.8) is 0 Å². The molecule has 0 saturated carbocycles. The maximum Gasteiger partial charge on any atom is 0.326 e. The molecule has 0 radical (unpaired) electrons. The van der Waals surface area contributed by atoms with Crippen molar-refractivity contribution < 1.29 is 19.5 Å². The van der Waals surface area contributed by atoms with Crippen molar-refractivity contribution in [2.75, 3.05) is 18.0 Å². The number of amides is 3. The lowest BCUT2D eigenvalue weighted by Crippen LogP contribution is -2.40. The van der Waals surface area contributed by atoms with Crippen LogP contribution in [0.5, 0.6) is 0 Å². The molecule has 118 valence electrons. The SMILES string of the molecule is CCC(NC(=O)c1cc(N2CCNC2=O)ccc1Cl)C(=O)O. The lowest BCUT2D eigenvalue weighted by molar-refractivity contribution is -0.139. The number of urea groups is 1. The monoisotopic (exact) mass is 325 g/mol. The molecule has 1 atom stereocenters. The number of carbonyl (C=O) groups is 3. The Labute approximate surface area is 132 Å². The van der Waals surface area contributed by atoms with E-state index in [1.807, 2.05) is 0 Å². The number of carbonyl (C=O) groups excluding carboxylic acids is 2. The van der Waals surface area contributed by atoms with Gasteiger partial charge in [-0.15, -0.1) is 0 Å². The first kappa shape index (κ1) is 16.1. The topological polar surface area (TPSA) is 98.7 Å². The lowest BCUT2D eigenvalue weighted by atomic mass is 10.1. The number of nitrogens with one attached hydrogen (secondary N) is 2. The fraction of sp³-hybridized carbons (Fsp3) is 0.357. The third-order valence-corrected chi connectivity index (χ3v) is 3.70. The van der Waals surface area contributed by atoms with Crippen molar-refractivity contribution >= 4 is 35.2 Å². The Kier molecular flexibility index (Phi) is 4.87. The van der Waals surface area contributed by atoms with Crippen molar-refractivity contribution in [3.8, 4) is 0 Å². The number of aliphatic carboxylic acids is 1. The summed E-state index contributed by atoms with van der Waals surface area (Å²) in [5, 5.41) is 14.3. The number of rotatable bonds is 5. The highest BCUT2D eigenvalue weighted by Crippen LogP contribution is 2.24. The second kappa shape index (κ2) is 6.65. The Morgan fingerprint density at radius 2 is 2.23 bits per heavy atom. The van der Waals surface area contributed by atoms with Gasteiger partial charge in [0, 0.05) is 18.8 Å². The average Bonchev–Trinajstić information content (AvgIpc) is 2.90. The van der Waals surface area contributed by atoms with E-state index in [-0.39, 0.29) is 23.0 Å². The van der Waals surface area contributed by atoms with E-state index in [0.29, 0.717) is 18.8 Å². The zero-order valence-electron chi connectivity index (χ0n) is 11.9. The van der Waals surface area contributed by atoms with Crippen LogP contribution in [0.3, 0.4) is 0 Å². The molecule has 1 unspecified atom stereocenters. The largest absolute Gasteiger partial charge is 0.480 e. The molecule has 1 heterocycles. The van der Waals surface area contributed by atoms with Crippen molar-refractivity contribution in [2.45, 2.75) is 19.4 Å². The van der Waals surface area contributed by atoms with Gasteiger partial charge in [-0.3, -0.25) is 9.69 Å². The number of carboxylic acids is 1. The van der Waals surface area contributed by atoms with Crippen LogP contribution in [0.1, 0.15) is 23.7 Å². The lowest BCUT2D eigenvalue weighted by Gasteiger charge is -2.17. The summed E-state index contributed by atoms with van der Waals surface area (Å²) in [6, 6.07) is 3.40. The maximum atomic E-state index is 12.2. The number of hydrogen-bond acceptors (Lipinski definition) is 3. The van der Waals surface area contributed by atoms with Crippen LogP contribution in [0.4, 0.5) is 10.5 Å². The van der Waals surface area contributed by atoms with E-state index in [9.17, 15) is 14.4 Å². The molecular formula is C14H16ClN3O4. The molecule has 3 amide bonds. The van der Waals surface area contributed by atoms with Crippen LogP contribution < -0.4 is 15.5 Å². The predicted octanol–water partition coefficient (Wildman–Crippen LogP) is 1.46. The van der Waals surface area contributed by atoms with E-state index < -0.39 is 17.9 Å². The van der Waals surface area contributed by atoms with Crippen LogP contribution in [-0.2, 0) is 4.79 Å². The minimum absolute atomic E-state index is 0.138. The smallest absolute Gasteiger partial charge is 0.326 e. The summed E-state index contributed by atoms with van der Waals surface area (Å²) >= 11 is 6.01. The minimum atomic E-state index is -1.11. The van der Waals surface area contributed by atoms with Crippen LogP contribution in [0.15, 0.2) is 18.2 Å². The molecule has 2 rings (SSSR count). The number of nitrogens with zero attached hydrogens (tertiary/aromatic N) is 1. The van der Waals surface area contributed by atoms with Gasteiger partial charge in [0.2, 0.25) is 0 Å². The predicted molar refractivity (Wildman–Crippen MR) is 81.4 cm³/mol. The van der Waals surface area contributed by atoms with E-state index in [1.54, 1.807) is 13.0 Å². The highest BCUT2D eigenvalue weighted by molar-refractivity contribution is 6.34. The summed E-state index contributed by atoms with van der Waals surface area (Å²) < 4.78 is 0. The summed E-state index contributed by atoms with van der Waals surface area (Å²) in [5.74, 6) is -1.69. The number of anilines is 1. The molecule has 8 heteroatoms. The molecule has 1 aromatic carbocycles. The molecular weight excluding hydrogens is 310 g/mol. The van der Waals surface area contributed by atoms with Gasteiger partial charge in [-0.2, -0.15) is 0 Å². The fourth-order valence-electron chi connectivity index (χ4n) is 2.15. The molecule has 0 aromatic heterocycles.